The zero-order chi connectivity index (χ0) is 10.7. The quantitative estimate of drug-likeness (QED) is 0.672. The van der Waals surface area contributed by atoms with E-state index in [1.807, 2.05) is 6.92 Å². The Labute approximate surface area is 95.8 Å². The Bertz CT molecular complexity index is 328. The van der Waals surface area contributed by atoms with E-state index >= 15 is 0 Å². The summed E-state index contributed by atoms with van der Waals surface area (Å²) in [6.07, 6.45) is 1.52. The van der Waals surface area contributed by atoms with E-state index in [-0.39, 0.29) is 9.13 Å². The van der Waals surface area contributed by atoms with E-state index in [1.54, 1.807) is 22.6 Å². The van der Waals surface area contributed by atoms with Crippen molar-refractivity contribution in [1.29, 1.82) is 0 Å². The summed E-state index contributed by atoms with van der Waals surface area (Å²) in [7, 11) is 0. The van der Waals surface area contributed by atoms with Crippen LogP contribution in [-0.4, -0.2) is 0 Å². The molecule has 0 spiro atoms. The van der Waals surface area contributed by atoms with Gasteiger partial charge in [0.2, 0.25) is 0 Å². The smallest absolute Gasteiger partial charge is 0.137 e. The largest absolute Gasteiger partial charge is 0.324 e. The highest BCUT2D eigenvalue weighted by Gasteiger charge is 2.13. The van der Waals surface area contributed by atoms with E-state index in [4.69, 9.17) is 5.73 Å². The molecule has 14 heavy (non-hydrogen) atoms. The van der Waals surface area contributed by atoms with Crippen LogP contribution < -0.4 is 5.73 Å². The Morgan fingerprint density at radius 1 is 1.36 bits per heavy atom. The van der Waals surface area contributed by atoms with Crippen molar-refractivity contribution in [3.63, 3.8) is 0 Å². The predicted octanol–water partition coefficient (Wildman–Crippen LogP) is 3.37. The molecule has 1 rings (SSSR count). The Morgan fingerprint density at radius 2 is 2.00 bits per heavy atom. The summed E-state index contributed by atoms with van der Waals surface area (Å²) in [4.78, 5) is 0. The maximum Gasteiger partial charge on any atom is 0.137 e. The topological polar surface area (TPSA) is 26.0 Å². The van der Waals surface area contributed by atoms with Gasteiger partial charge in [-0.15, -0.1) is 0 Å². The van der Waals surface area contributed by atoms with E-state index in [0.717, 1.165) is 6.42 Å². The second-order valence-corrected chi connectivity index (χ2v) is 4.35. The summed E-state index contributed by atoms with van der Waals surface area (Å²) in [5.41, 5.74) is 5.98. The monoisotopic (exact) mass is 311 g/mol. The third-order valence-corrected chi connectivity index (χ3v) is 2.87. The zero-order valence-electron chi connectivity index (χ0n) is 7.86. The number of benzene rings is 1. The molecule has 1 aromatic carbocycles. The van der Waals surface area contributed by atoms with Gasteiger partial charge in [0.05, 0.1) is 3.57 Å². The van der Waals surface area contributed by atoms with E-state index in [1.165, 1.54) is 12.1 Å². The number of hydrogen-bond acceptors (Lipinski definition) is 1. The summed E-state index contributed by atoms with van der Waals surface area (Å²) in [6.45, 7) is 1.96. The van der Waals surface area contributed by atoms with Crippen molar-refractivity contribution in [1.82, 2.24) is 0 Å². The summed E-state index contributed by atoms with van der Waals surface area (Å²) in [5, 5.41) is 0. The van der Waals surface area contributed by atoms with E-state index in [9.17, 15) is 8.78 Å². The molecular weight excluding hydrogens is 299 g/mol. The molecule has 0 heterocycles. The lowest BCUT2D eigenvalue weighted by Gasteiger charge is -2.12. The maximum absolute atomic E-state index is 13.4. The molecule has 1 aromatic rings. The van der Waals surface area contributed by atoms with Crippen LogP contribution in [0.5, 0.6) is 0 Å². The second-order valence-electron chi connectivity index (χ2n) is 3.18. The first kappa shape index (κ1) is 11.8. The van der Waals surface area contributed by atoms with Gasteiger partial charge in [0.1, 0.15) is 11.6 Å². The SMILES string of the molecule is CCCC(N)c1cc(F)c(I)cc1F. The minimum Gasteiger partial charge on any atom is -0.324 e. The molecule has 0 aliphatic rings. The minimum absolute atomic E-state index is 0.268. The first-order chi connectivity index (χ1) is 6.56. The molecule has 0 saturated carbocycles. The fourth-order valence-electron chi connectivity index (χ4n) is 1.29. The molecule has 0 fully saturated rings. The normalized spacial score (nSPS) is 12.9. The Balaban J connectivity index is 3.02. The van der Waals surface area contributed by atoms with Gasteiger partial charge in [-0.2, -0.15) is 0 Å². The lowest BCUT2D eigenvalue weighted by molar-refractivity contribution is 0.542. The molecule has 0 radical (unpaired) electrons. The van der Waals surface area contributed by atoms with Gasteiger partial charge in [0.25, 0.3) is 0 Å². The predicted molar refractivity (Wildman–Crippen MR) is 60.9 cm³/mol. The van der Waals surface area contributed by atoms with Crippen molar-refractivity contribution in [2.24, 2.45) is 5.73 Å². The number of halogens is 3. The zero-order valence-corrected chi connectivity index (χ0v) is 10.0. The van der Waals surface area contributed by atoms with Gasteiger partial charge in [-0.1, -0.05) is 13.3 Å². The fraction of sp³-hybridized carbons (Fsp3) is 0.400. The van der Waals surface area contributed by atoms with Crippen LogP contribution in [0.2, 0.25) is 0 Å². The molecule has 78 valence electrons. The highest BCUT2D eigenvalue weighted by atomic mass is 127. The molecule has 1 unspecified atom stereocenters. The second kappa shape index (κ2) is 5.02. The van der Waals surface area contributed by atoms with Crippen molar-refractivity contribution in [3.05, 3.63) is 32.9 Å². The van der Waals surface area contributed by atoms with Crippen molar-refractivity contribution in [2.75, 3.05) is 0 Å². The maximum atomic E-state index is 13.4. The summed E-state index contributed by atoms with van der Waals surface area (Å²) >= 11 is 1.76. The Hall–Kier alpha value is -0.230. The van der Waals surface area contributed by atoms with Gasteiger partial charge in [-0.05, 0) is 41.1 Å². The third-order valence-electron chi connectivity index (χ3n) is 2.04. The molecule has 1 nitrogen and oxygen atoms in total. The summed E-state index contributed by atoms with van der Waals surface area (Å²) in [6, 6.07) is 1.96. The van der Waals surface area contributed by atoms with Crippen LogP contribution in [0.1, 0.15) is 31.4 Å². The van der Waals surface area contributed by atoms with Gasteiger partial charge in [0, 0.05) is 11.6 Å². The van der Waals surface area contributed by atoms with Gasteiger partial charge in [-0.25, -0.2) is 8.78 Å². The fourth-order valence-corrected chi connectivity index (χ4v) is 1.72. The number of nitrogens with two attached hydrogens (primary N) is 1. The highest BCUT2D eigenvalue weighted by molar-refractivity contribution is 14.1. The highest BCUT2D eigenvalue weighted by Crippen LogP contribution is 2.23. The van der Waals surface area contributed by atoms with Crippen LogP contribution in [-0.2, 0) is 0 Å². The molecule has 4 heteroatoms. The average Bonchev–Trinajstić information content (AvgIpc) is 2.11. The van der Waals surface area contributed by atoms with Crippen LogP contribution in [0.15, 0.2) is 12.1 Å². The van der Waals surface area contributed by atoms with E-state index in [0.29, 0.717) is 6.42 Å². The molecule has 0 aliphatic carbocycles. The number of rotatable bonds is 3. The summed E-state index contributed by atoms with van der Waals surface area (Å²) in [5.74, 6) is -0.828. The van der Waals surface area contributed by atoms with Gasteiger partial charge in [0.15, 0.2) is 0 Å². The number of hydrogen-bond donors (Lipinski definition) is 1. The molecule has 2 N–H and O–H groups in total. The summed E-state index contributed by atoms with van der Waals surface area (Å²) < 4.78 is 26.8. The first-order valence-electron chi connectivity index (χ1n) is 4.46. The Kier molecular flexibility index (Phi) is 4.25. The third kappa shape index (κ3) is 2.63. The first-order valence-corrected chi connectivity index (χ1v) is 5.54. The Morgan fingerprint density at radius 3 is 2.57 bits per heavy atom. The van der Waals surface area contributed by atoms with Crippen LogP contribution in [0.4, 0.5) is 8.78 Å². The van der Waals surface area contributed by atoms with E-state index < -0.39 is 17.7 Å². The molecule has 0 saturated heterocycles. The van der Waals surface area contributed by atoms with Crippen molar-refractivity contribution >= 4 is 22.6 Å². The van der Waals surface area contributed by atoms with E-state index in [2.05, 4.69) is 0 Å². The lowest BCUT2D eigenvalue weighted by Crippen LogP contribution is -2.12. The van der Waals surface area contributed by atoms with Crippen molar-refractivity contribution in [2.45, 2.75) is 25.8 Å². The van der Waals surface area contributed by atoms with Crippen LogP contribution in [0, 0.1) is 15.2 Å². The standard InChI is InChI=1S/C10H12F2IN/c1-2-3-10(14)6-4-8(12)9(13)5-7(6)11/h4-5,10H,2-3,14H2,1H3. The minimum atomic E-state index is -0.420. The van der Waals surface area contributed by atoms with Gasteiger partial charge >= 0.3 is 0 Å². The molecule has 0 aliphatic heterocycles. The van der Waals surface area contributed by atoms with Crippen LogP contribution in [0.3, 0.4) is 0 Å². The van der Waals surface area contributed by atoms with Crippen molar-refractivity contribution < 1.29 is 8.78 Å². The molecule has 0 aromatic heterocycles. The van der Waals surface area contributed by atoms with Crippen molar-refractivity contribution in [3.8, 4) is 0 Å². The lowest BCUT2D eigenvalue weighted by atomic mass is 10.0. The van der Waals surface area contributed by atoms with Gasteiger partial charge in [-0.3, -0.25) is 0 Å². The van der Waals surface area contributed by atoms with Crippen LogP contribution in [0.25, 0.3) is 0 Å². The average molecular weight is 311 g/mol. The molecule has 1 atom stereocenters. The molecule has 0 amide bonds. The molecular formula is C10H12F2IN. The van der Waals surface area contributed by atoms with Gasteiger partial charge < -0.3 is 5.73 Å². The molecule has 0 bridgehead atoms. The van der Waals surface area contributed by atoms with Crippen LogP contribution >= 0.6 is 22.6 Å².